The molecule has 0 unspecified atom stereocenters. The first-order valence-electron chi connectivity index (χ1n) is 13.0. The Hall–Kier alpha value is -4.82. The average molecular weight is 573 g/mol. The van der Waals surface area contributed by atoms with Crippen LogP contribution in [0.2, 0.25) is 5.02 Å². The maximum atomic E-state index is 12.8. The van der Waals surface area contributed by atoms with E-state index >= 15 is 0 Å². The van der Waals surface area contributed by atoms with Crippen LogP contribution in [-0.4, -0.2) is 31.3 Å². The molecule has 0 fully saturated rings. The minimum absolute atomic E-state index is 0.263. The molecule has 9 heteroatoms. The van der Waals surface area contributed by atoms with Gasteiger partial charge in [-0.2, -0.15) is 5.10 Å². The number of esters is 1. The molecule has 0 atom stereocenters. The van der Waals surface area contributed by atoms with E-state index < -0.39 is 11.9 Å². The Morgan fingerprint density at radius 1 is 0.805 bits per heavy atom. The Kier molecular flexibility index (Phi) is 10.3. The molecule has 0 aromatic heterocycles. The van der Waals surface area contributed by atoms with Crippen LogP contribution in [0.3, 0.4) is 0 Å². The summed E-state index contributed by atoms with van der Waals surface area (Å²) >= 11 is 5.94. The molecule has 0 radical (unpaired) electrons. The third-order valence-corrected chi connectivity index (χ3v) is 5.94. The third kappa shape index (κ3) is 8.33. The Bertz CT molecular complexity index is 1500. The molecule has 4 aromatic carbocycles. The normalized spacial score (nSPS) is 10.7. The summed E-state index contributed by atoms with van der Waals surface area (Å²) < 4.78 is 22.5. The Labute approximate surface area is 243 Å². The van der Waals surface area contributed by atoms with Crippen molar-refractivity contribution < 1.29 is 28.5 Å². The molecule has 210 valence electrons. The number of amides is 1. The van der Waals surface area contributed by atoms with E-state index in [0.717, 1.165) is 5.56 Å². The largest absolute Gasteiger partial charge is 0.494 e. The molecular formula is C32H29ClN2O6. The van der Waals surface area contributed by atoms with Crippen molar-refractivity contribution in [3.63, 3.8) is 0 Å². The second-order valence-electron chi connectivity index (χ2n) is 8.60. The van der Waals surface area contributed by atoms with Crippen molar-refractivity contribution in [2.45, 2.75) is 20.5 Å². The first kappa shape index (κ1) is 29.2. The maximum absolute atomic E-state index is 12.8. The van der Waals surface area contributed by atoms with Crippen LogP contribution in [0, 0.1) is 0 Å². The fourth-order valence-electron chi connectivity index (χ4n) is 3.72. The topological polar surface area (TPSA) is 95.5 Å². The van der Waals surface area contributed by atoms with Crippen molar-refractivity contribution in [3.05, 3.63) is 118 Å². The number of carbonyl (C=O) groups is 2. The highest BCUT2D eigenvalue weighted by Crippen LogP contribution is 2.29. The van der Waals surface area contributed by atoms with Crippen molar-refractivity contribution in [1.82, 2.24) is 5.43 Å². The number of hydrazone groups is 1. The molecular weight excluding hydrogens is 544 g/mol. The van der Waals surface area contributed by atoms with Crippen LogP contribution >= 0.6 is 11.6 Å². The van der Waals surface area contributed by atoms with Gasteiger partial charge in [0, 0.05) is 5.02 Å². The Morgan fingerprint density at radius 3 is 2.27 bits per heavy atom. The van der Waals surface area contributed by atoms with Crippen LogP contribution < -0.4 is 24.4 Å². The molecule has 41 heavy (non-hydrogen) atoms. The molecule has 0 saturated heterocycles. The summed E-state index contributed by atoms with van der Waals surface area (Å²) in [6, 6.07) is 25.9. The van der Waals surface area contributed by atoms with Gasteiger partial charge in [0.05, 0.1) is 30.6 Å². The third-order valence-electron chi connectivity index (χ3n) is 5.69. The smallest absolute Gasteiger partial charge is 0.343 e. The van der Waals surface area contributed by atoms with E-state index in [1.807, 2.05) is 26.0 Å². The predicted octanol–water partition coefficient (Wildman–Crippen LogP) is 6.70. The van der Waals surface area contributed by atoms with Crippen LogP contribution in [0.1, 0.15) is 45.7 Å². The van der Waals surface area contributed by atoms with Gasteiger partial charge in [-0.05, 0) is 91.7 Å². The van der Waals surface area contributed by atoms with Crippen LogP contribution in [0.25, 0.3) is 0 Å². The average Bonchev–Trinajstić information content (AvgIpc) is 2.99. The van der Waals surface area contributed by atoms with Gasteiger partial charge < -0.3 is 18.9 Å². The van der Waals surface area contributed by atoms with Crippen LogP contribution in [0.5, 0.6) is 23.0 Å². The molecule has 0 aliphatic heterocycles. The van der Waals surface area contributed by atoms with Gasteiger partial charge in [0.2, 0.25) is 0 Å². The fraction of sp³-hybridized carbons (Fsp3) is 0.156. The second-order valence-corrected chi connectivity index (χ2v) is 9.03. The highest BCUT2D eigenvalue weighted by atomic mass is 35.5. The quantitative estimate of drug-likeness (QED) is 0.0878. The fourth-order valence-corrected chi connectivity index (χ4v) is 3.84. The monoisotopic (exact) mass is 572 g/mol. The van der Waals surface area contributed by atoms with Gasteiger partial charge in [-0.3, -0.25) is 4.79 Å². The first-order valence-corrected chi connectivity index (χ1v) is 13.4. The number of rotatable bonds is 12. The van der Waals surface area contributed by atoms with Crippen molar-refractivity contribution in [2.75, 3.05) is 13.2 Å². The number of para-hydroxylation sites is 1. The van der Waals surface area contributed by atoms with Gasteiger partial charge in [-0.15, -0.1) is 0 Å². The Balaban J connectivity index is 1.39. The van der Waals surface area contributed by atoms with Gasteiger partial charge in [-0.1, -0.05) is 35.9 Å². The van der Waals surface area contributed by atoms with Gasteiger partial charge >= 0.3 is 5.97 Å². The number of hydrogen-bond donors (Lipinski definition) is 1. The number of carbonyl (C=O) groups excluding carboxylic acids is 2. The van der Waals surface area contributed by atoms with Crippen LogP contribution in [0.4, 0.5) is 0 Å². The minimum Gasteiger partial charge on any atom is -0.494 e. The number of benzene rings is 4. The Morgan fingerprint density at radius 2 is 1.54 bits per heavy atom. The molecule has 4 aromatic rings. The zero-order valence-electron chi connectivity index (χ0n) is 22.6. The number of nitrogens with one attached hydrogen (secondary N) is 1. The minimum atomic E-state index is -0.528. The van der Waals surface area contributed by atoms with Gasteiger partial charge in [0.1, 0.15) is 18.1 Å². The summed E-state index contributed by atoms with van der Waals surface area (Å²) in [6.07, 6.45) is 1.47. The lowest BCUT2D eigenvalue weighted by atomic mass is 10.2. The van der Waals surface area contributed by atoms with Gasteiger partial charge in [0.25, 0.3) is 5.91 Å². The summed E-state index contributed by atoms with van der Waals surface area (Å²) in [6.45, 7) is 4.89. The standard InChI is InChI=1S/C32H29ClN2O6/c1-3-38-26-16-12-24(13-17-26)32(37)41-29-18-11-23(19-30(29)39-4-2)20-34-35-31(36)27-7-5-6-8-28(27)40-21-22-9-14-25(33)15-10-22/h5-20H,3-4,21H2,1-2H3,(H,35,36)/b34-20+. The van der Waals surface area contributed by atoms with E-state index in [-0.39, 0.29) is 12.4 Å². The highest BCUT2D eigenvalue weighted by molar-refractivity contribution is 6.30. The number of ether oxygens (including phenoxy) is 4. The summed E-state index contributed by atoms with van der Waals surface area (Å²) in [5, 5.41) is 4.72. The SMILES string of the molecule is CCOc1ccc(C(=O)Oc2ccc(/C=N/NC(=O)c3ccccc3OCc3ccc(Cl)cc3)cc2OCC)cc1. The van der Waals surface area contributed by atoms with E-state index in [1.54, 1.807) is 78.9 Å². The van der Waals surface area contributed by atoms with E-state index in [2.05, 4.69) is 10.5 Å². The maximum Gasteiger partial charge on any atom is 0.343 e. The molecule has 0 spiro atoms. The van der Waals surface area contributed by atoms with Crippen molar-refractivity contribution in [1.29, 1.82) is 0 Å². The van der Waals surface area contributed by atoms with E-state index in [4.69, 9.17) is 30.5 Å². The summed E-state index contributed by atoms with van der Waals surface area (Å²) in [7, 11) is 0. The van der Waals surface area contributed by atoms with E-state index in [0.29, 0.717) is 52.2 Å². The lowest BCUT2D eigenvalue weighted by Crippen LogP contribution is -2.18. The zero-order chi connectivity index (χ0) is 29.0. The first-order chi connectivity index (χ1) is 20.0. The van der Waals surface area contributed by atoms with Crippen molar-refractivity contribution >= 4 is 29.7 Å². The number of hydrogen-bond acceptors (Lipinski definition) is 7. The molecule has 1 amide bonds. The van der Waals surface area contributed by atoms with Gasteiger partial charge in [-0.25, -0.2) is 10.2 Å². The highest BCUT2D eigenvalue weighted by Gasteiger charge is 2.14. The van der Waals surface area contributed by atoms with Crippen LogP contribution in [0.15, 0.2) is 96.1 Å². The molecule has 8 nitrogen and oxygen atoms in total. The summed E-state index contributed by atoms with van der Waals surface area (Å²) in [5.41, 5.74) is 4.78. The molecule has 0 heterocycles. The molecule has 4 rings (SSSR count). The lowest BCUT2D eigenvalue weighted by Gasteiger charge is -2.12. The van der Waals surface area contributed by atoms with E-state index in [1.165, 1.54) is 6.21 Å². The van der Waals surface area contributed by atoms with E-state index in [9.17, 15) is 9.59 Å². The van der Waals surface area contributed by atoms with Crippen LogP contribution in [-0.2, 0) is 6.61 Å². The zero-order valence-corrected chi connectivity index (χ0v) is 23.4. The summed E-state index contributed by atoms with van der Waals surface area (Å²) in [4.78, 5) is 25.5. The molecule has 0 bridgehead atoms. The lowest BCUT2D eigenvalue weighted by molar-refractivity contribution is 0.0728. The second kappa shape index (κ2) is 14.5. The predicted molar refractivity (Wildman–Crippen MR) is 157 cm³/mol. The molecule has 0 aliphatic rings. The molecule has 0 saturated carbocycles. The number of nitrogens with zero attached hydrogens (tertiary/aromatic N) is 1. The van der Waals surface area contributed by atoms with Crippen molar-refractivity contribution in [2.24, 2.45) is 5.10 Å². The molecule has 1 N–H and O–H groups in total. The molecule has 0 aliphatic carbocycles. The number of halogens is 1. The van der Waals surface area contributed by atoms with Gasteiger partial charge in [0.15, 0.2) is 11.5 Å². The summed E-state index contributed by atoms with van der Waals surface area (Å²) in [5.74, 6) is 0.761. The van der Waals surface area contributed by atoms with Crippen molar-refractivity contribution in [3.8, 4) is 23.0 Å².